The lowest BCUT2D eigenvalue weighted by molar-refractivity contribution is 0.672. The molecule has 2 heteroatoms. The lowest BCUT2D eigenvalue weighted by Crippen LogP contribution is -1.79. The van der Waals surface area contributed by atoms with Crippen molar-refractivity contribution in [1.82, 2.24) is 0 Å². The van der Waals surface area contributed by atoms with Crippen molar-refractivity contribution in [3.63, 3.8) is 0 Å². The number of hydrogen-bond acceptors (Lipinski definition) is 1. The van der Waals surface area contributed by atoms with E-state index in [1.165, 1.54) is 32.3 Å². The quantitative estimate of drug-likeness (QED) is 0.286. The SMILES string of the molecule is Brc1ccc2c(c1)oc1c3ccccc3c3ccccc3c21. The Morgan fingerprint density at radius 1 is 0.636 bits per heavy atom. The predicted octanol–water partition coefficient (Wildman–Crippen LogP) is 6.65. The van der Waals surface area contributed by atoms with E-state index in [0.29, 0.717) is 0 Å². The molecular weight excluding hydrogens is 336 g/mol. The Morgan fingerprint density at radius 2 is 1.27 bits per heavy atom. The summed E-state index contributed by atoms with van der Waals surface area (Å²) in [4.78, 5) is 0. The van der Waals surface area contributed by atoms with E-state index in [4.69, 9.17) is 4.42 Å². The van der Waals surface area contributed by atoms with Gasteiger partial charge in [-0.15, -0.1) is 0 Å². The summed E-state index contributed by atoms with van der Waals surface area (Å²) in [5.41, 5.74) is 1.90. The lowest BCUT2D eigenvalue weighted by Gasteiger charge is -2.05. The van der Waals surface area contributed by atoms with Crippen LogP contribution >= 0.6 is 15.9 Å². The lowest BCUT2D eigenvalue weighted by atomic mass is 9.97. The van der Waals surface area contributed by atoms with Crippen molar-refractivity contribution in [1.29, 1.82) is 0 Å². The summed E-state index contributed by atoms with van der Waals surface area (Å²) in [6.45, 7) is 0. The third-order valence-electron chi connectivity index (χ3n) is 4.31. The minimum atomic E-state index is 0.922. The second-order valence-corrected chi connectivity index (χ2v) is 6.45. The molecule has 0 aliphatic carbocycles. The molecule has 0 unspecified atom stereocenters. The van der Waals surface area contributed by atoms with E-state index in [1.807, 2.05) is 6.07 Å². The molecule has 0 fully saturated rings. The van der Waals surface area contributed by atoms with Gasteiger partial charge in [0.2, 0.25) is 0 Å². The normalized spacial score (nSPS) is 11.9. The average molecular weight is 347 g/mol. The van der Waals surface area contributed by atoms with E-state index in [2.05, 4.69) is 76.6 Å². The molecule has 0 bridgehead atoms. The van der Waals surface area contributed by atoms with Crippen molar-refractivity contribution < 1.29 is 4.42 Å². The highest BCUT2D eigenvalue weighted by Crippen LogP contribution is 2.41. The fourth-order valence-electron chi connectivity index (χ4n) is 3.38. The summed E-state index contributed by atoms with van der Waals surface area (Å²) in [6, 6.07) is 23.3. The molecule has 0 amide bonds. The molecule has 4 aromatic carbocycles. The third kappa shape index (κ3) is 1.53. The molecule has 0 atom stereocenters. The summed E-state index contributed by atoms with van der Waals surface area (Å²) in [5, 5.41) is 7.30. The first-order chi connectivity index (χ1) is 10.8. The van der Waals surface area contributed by atoms with Crippen molar-refractivity contribution >= 4 is 59.4 Å². The van der Waals surface area contributed by atoms with Gasteiger partial charge in [-0.05, 0) is 34.4 Å². The number of furan rings is 1. The van der Waals surface area contributed by atoms with Gasteiger partial charge in [-0.2, -0.15) is 0 Å². The molecule has 0 saturated heterocycles. The number of fused-ring (bicyclic) bond motifs is 8. The van der Waals surface area contributed by atoms with Crippen LogP contribution in [0.4, 0.5) is 0 Å². The van der Waals surface area contributed by atoms with Crippen LogP contribution in [0.1, 0.15) is 0 Å². The smallest absolute Gasteiger partial charge is 0.143 e. The van der Waals surface area contributed by atoms with Crippen LogP contribution in [0.3, 0.4) is 0 Å². The number of benzene rings is 4. The van der Waals surface area contributed by atoms with Gasteiger partial charge in [0, 0.05) is 20.6 Å². The van der Waals surface area contributed by atoms with Crippen molar-refractivity contribution in [2.75, 3.05) is 0 Å². The molecule has 5 rings (SSSR count). The highest BCUT2D eigenvalue weighted by molar-refractivity contribution is 9.10. The van der Waals surface area contributed by atoms with Gasteiger partial charge < -0.3 is 4.42 Å². The zero-order chi connectivity index (χ0) is 14.7. The second-order valence-electron chi connectivity index (χ2n) is 5.54. The van der Waals surface area contributed by atoms with Gasteiger partial charge in [0.1, 0.15) is 11.2 Å². The topological polar surface area (TPSA) is 13.1 Å². The van der Waals surface area contributed by atoms with Crippen LogP contribution in [-0.4, -0.2) is 0 Å². The Balaban J connectivity index is 2.21. The molecule has 0 spiro atoms. The summed E-state index contributed by atoms with van der Waals surface area (Å²) in [7, 11) is 0. The summed E-state index contributed by atoms with van der Waals surface area (Å²) in [6.07, 6.45) is 0. The maximum atomic E-state index is 6.22. The van der Waals surface area contributed by atoms with Gasteiger partial charge in [-0.1, -0.05) is 64.5 Å². The average Bonchev–Trinajstić information content (AvgIpc) is 2.94. The third-order valence-corrected chi connectivity index (χ3v) is 4.80. The Hall–Kier alpha value is -2.32. The molecule has 1 heterocycles. The molecule has 5 aromatic rings. The number of hydrogen-bond donors (Lipinski definition) is 0. The monoisotopic (exact) mass is 346 g/mol. The minimum absolute atomic E-state index is 0.922. The van der Waals surface area contributed by atoms with E-state index in [-0.39, 0.29) is 0 Å². The Bertz CT molecular complexity index is 1180. The standard InChI is InChI=1S/C20H11BrO/c21-12-9-10-17-18(11-12)22-20-16-8-4-2-6-14(16)13-5-1-3-7-15(13)19(17)20/h1-11H. The predicted molar refractivity (Wildman–Crippen MR) is 96.4 cm³/mol. The molecule has 0 radical (unpaired) electrons. The van der Waals surface area contributed by atoms with Gasteiger partial charge in [0.15, 0.2) is 0 Å². The van der Waals surface area contributed by atoms with Gasteiger partial charge in [-0.3, -0.25) is 0 Å². The van der Waals surface area contributed by atoms with E-state index in [9.17, 15) is 0 Å². The minimum Gasteiger partial charge on any atom is -0.455 e. The van der Waals surface area contributed by atoms with E-state index in [0.717, 1.165) is 15.6 Å². The molecule has 0 saturated carbocycles. The van der Waals surface area contributed by atoms with Crippen LogP contribution in [0.5, 0.6) is 0 Å². The highest BCUT2D eigenvalue weighted by atomic mass is 79.9. The van der Waals surface area contributed by atoms with E-state index < -0.39 is 0 Å². The molecule has 1 nitrogen and oxygen atoms in total. The van der Waals surface area contributed by atoms with Gasteiger partial charge in [0.05, 0.1) is 0 Å². The summed E-state index contributed by atoms with van der Waals surface area (Å²) in [5.74, 6) is 0. The van der Waals surface area contributed by atoms with E-state index in [1.54, 1.807) is 0 Å². The van der Waals surface area contributed by atoms with Crippen molar-refractivity contribution in [2.45, 2.75) is 0 Å². The first-order valence-electron chi connectivity index (χ1n) is 7.24. The maximum absolute atomic E-state index is 6.22. The highest BCUT2D eigenvalue weighted by Gasteiger charge is 2.15. The van der Waals surface area contributed by atoms with Gasteiger partial charge >= 0.3 is 0 Å². The van der Waals surface area contributed by atoms with Crippen molar-refractivity contribution in [2.24, 2.45) is 0 Å². The molecule has 22 heavy (non-hydrogen) atoms. The second kappa shape index (κ2) is 4.34. The van der Waals surface area contributed by atoms with Crippen LogP contribution in [0.25, 0.3) is 43.5 Å². The van der Waals surface area contributed by atoms with Crippen LogP contribution in [-0.2, 0) is 0 Å². The van der Waals surface area contributed by atoms with E-state index >= 15 is 0 Å². The van der Waals surface area contributed by atoms with Crippen molar-refractivity contribution in [3.8, 4) is 0 Å². The fraction of sp³-hybridized carbons (Fsp3) is 0. The van der Waals surface area contributed by atoms with Crippen LogP contribution in [0.2, 0.25) is 0 Å². The zero-order valence-electron chi connectivity index (χ0n) is 11.6. The molecule has 0 aliphatic heterocycles. The molecule has 104 valence electrons. The molecule has 0 N–H and O–H groups in total. The molecular formula is C20H11BrO. The number of rotatable bonds is 0. The summed E-state index contributed by atoms with van der Waals surface area (Å²) >= 11 is 3.53. The molecule has 1 aromatic heterocycles. The maximum Gasteiger partial charge on any atom is 0.143 e. The Morgan fingerprint density at radius 3 is 2.05 bits per heavy atom. The Kier molecular flexibility index (Phi) is 2.42. The first kappa shape index (κ1) is 12.2. The fourth-order valence-corrected chi connectivity index (χ4v) is 3.72. The van der Waals surface area contributed by atoms with Crippen LogP contribution in [0, 0.1) is 0 Å². The van der Waals surface area contributed by atoms with Crippen molar-refractivity contribution in [3.05, 3.63) is 71.2 Å². The first-order valence-corrected chi connectivity index (χ1v) is 8.03. The van der Waals surface area contributed by atoms with Crippen LogP contribution < -0.4 is 0 Å². The van der Waals surface area contributed by atoms with Crippen LogP contribution in [0.15, 0.2) is 75.6 Å². The van der Waals surface area contributed by atoms with Gasteiger partial charge in [0.25, 0.3) is 0 Å². The summed E-state index contributed by atoms with van der Waals surface area (Å²) < 4.78 is 7.26. The Labute approximate surface area is 135 Å². The number of halogens is 1. The zero-order valence-corrected chi connectivity index (χ0v) is 13.2. The largest absolute Gasteiger partial charge is 0.455 e. The molecule has 0 aliphatic rings. The van der Waals surface area contributed by atoms with Gasteiger partial charge in [-0.25, -0.2) is 0 Å².